The number of hydrogen-bond donors (Lipinski definition) is 1. The number of anilines is 1. The molecule has 0 bridgehead atoms. The van der Waals surface area contributed by atoms with Crippen LogP contribution in [0.4, 0.5) is 5.82 Å². The third-order valence-electron chi connectivity index (χ3n) is 6.26. The van der Waals surface area contributed by atoms with Gasteiger partial charge in [0.2, 0.25) is 11.8 Å². The van der Waals surface area contributed by atoms with Crippen LogP contribution in [0.3, 0.4) is 0 Å². The maximum absolute atomic E-state index is 12.0. The lowest BCUT2D eigenvalue weighted by Gasteiger charge is -2.37. The van der Waals surface area contributed by atoms with Crippen LogP contribution in [0.15, 0.2) is 24.9 Å². The SMILES string of the molecule is C=CC(=O)N1CCN(c2nc(Oc3c(C)ccnc3C(C)C)c(C#N)c3c2CCNC3)CC1. The molecule has 1 saturated heterocycles. The van der Waals surface area contributed by atoms with Crippen LogP contribution in [0.25, 0.3) is 0 Å². The van der Waals surface area contributed by atoms with Crippen LogP contribution in [0.2, 0.25) is 0 Å². The number of amides is 1. The number of carbonyl (C=O) groups excluding carboxylic acids is 1. The molecular weight excluding hydrogens is 416 g/mol. The van der Waals surface area contributed by atoms with E-state index < -0.39 is 0 Å². The largest absolute Gasteiger partial charge is 0.435 e. The third-order valence-corrected chi connectivity index (χ3v) is 6.26. The van der Waals surface area contributed by atoms with Crippen LogP contribution in [0.5, 0.6) is 11.6 Å². The number of fused-ring (bicyclic) bond motifs is 1. The molecule has 0 radical (unpaired) electrons. The van der Waals surface area contributed by atoms with Gasteiger partial charge in [-0.1, -0.05) is 20.4 Å². The molecule has 1 N–H and O–H groups in total. The second kappa shape index (κ2) is 9.59. The van der Waals surface area contributed by atoms with Gasteiger partial charge in [0.25, 0.3) is 0 Å². The minimum atomic E-state index is -0.0500. The normalized spacial score (nSPS) is 15.7. The molecule has 8 nitrogen and oxygen atoms in total. The molecule has 2 aromatic heterocycles. The number of aryl methyl sites for hydroxylation is 1. The monoisotopic (exact) mass is 446 g/mol. The Morgan fingerprint density at radius 3 is 2.73 bits per heavy atom. The van der Waals surface area contributed by atoms with E-state index in [1.54, 1.807) is 11.1 Å². The third kappa shape index (κ3) is 4.41. The number of carbonyl (C=O) groups is 1. The molecular formula is C25H30N6O2. The maximum Gasteiger partial charge on any atom is 0.246 e. The summed E-state index contributed by atoms with van der Waals surface area (Å²) in [5.74, 6) is 1.94. The van der Waals surface area contributed by atoms with E-state index in [9.17, 15) is 10.1 Å². The summed E-state index contributed by atoms with van der Waals surface area (Å²) in [6.07, 6.45) is 3.93. The van der Waals surface area contributed by atoms with E-state index in [2.05, 4.69) is 41.7 Å². The Kier molecular flexibility index (Phi) is 6.61. The van der Waals surface area contributed by atoms with E-state index in [4.69, 9.17) is 9.72 Å². The lowest BCUT2D eigenvalue weighted by molar-refractivity contribution is -0.126. The summed E-state index contributed by atoms with van der Waals surface area (Å²) in [5, 5.41) is 13.4. The fourth-order valence-electron chi connectivity index (χ4n) is 4.44. The average molecular weight is 447 g/mol. The number of hydrogen-bond acceptors (Lipinski definition) is 7. The summed E-state index contributed by atoms with van der Waals surface area (Å²) in [4.78, 5) is 25.4. The molecule has 2 aliphatic heterocycles. The zero-order valence-corrected chi connectivity index (χ0v) is 19.5. The molecule has 0 aromatic carbocycles. The maximum atomic E-state index is 12.0. The van der Waals surface area contributed by atoms with Gasteiger partial charge in [0.1, 0.15) is 17.5 Å². The minimum Gasteiger partial charge on any atom is -0.435 e. The first-order valence-corrected chi connectivity index (χ1v) is 11.4. The first-order valence-electron chi connectivity index (χ1n) is 11.4. The van der Waals surface area contributed by atoms with Gasteiger partial charge < -0.3 is 19.9 Å². The van der Waals surface area contributed by atoms with Crippen molar-refractivity contribution in [2.75, 3.05) is 37.6 Å². The van der Waals surface area contributed by atoms with Crippen molar-refractivity contribution in [2.24, 2.45) is 0 Å². The van der Waals surface area contributed by atoms with E-state index in [1.807, 2.05) is 13.0 Å². The molecule has 33 heavy (non-hydrogen) atoms. The van der Waals surface area contributed by atoms with Gasteiger partial charge in [-0.3, -0.25) is 9.78 Å². The van der Waals surface area contributed by atoms with E-state index >= 15 is 0 Å². The van der Waals surface area contributed by atoms with Gasteiger partial charge in [-0.15, -0.1) is 0 Å². The van der Waals surface area contributed by atoms with Gasteiger partial charge in [-0.25, -0.2) is 0 Å². The Hall–Kier alpha value is -3.44. The highest BCUT2D eigenvalue weighted by atomic mass is 16.5. The number of nitriles is 1. The molecule has 0 atom stereocenters. The highest BCUT2D eigenvalue weighted by Gasteiger charge is 2.29. The second-order valence-electron chi connectivity index (χ2n) is 8.73. The van der Waals surface area contributed by atoms with Crippen LogP contribution >= 0.6 is 0 Å². The molecule has 4 rings (SSSR count). The van der Waals surface area contributed by atoms with Gasteiger partial charge in [0.05, 0.1) is 5.69 Å². The lowest BCUT2D eigenvalue weighted by atomic mass is 9.97. The van der Waals surface area contributed by atoms with Crippen molar-refractivity contribution in [1.82, 2.24) is 20.2 Å². The molecule has 0 unspecified atom stereocenters. The number of rotatable bonds is 5. The van der Waals surface area contributed by atoms with Crippen LogP contribution < -0.4 is 15.0 Å². The average Bonchev–Trinajstić information content (AvgIpc) is 2.84. The number of nitrogens with zero attached hydrogens (tertiary/aromatic N) is 5. The van der Waals surface area contributed by atoms with Crippen molar-refractivity contribution < 1.29 is 9.53 Å². The van der Waals surface area contributed by atoms with Crippen LogP contribution in [-0.2, 0) is 17.8 Å². The van der Waals surface area contributed by atoms with E-state index in [-0.39, 0.29) is 11.8 Å². The van der Waals surface area contributed by atoms with Crippen molar-refractivity contribution in [1.29, 1.82) is 5.26 Å². The summed E-state index contributed by atoms with van der Waals surface area (Å²) in [5.41, 5.74) is 4.30. The zero-order valence-electron chi connectivity index (χ0n) is 19.5. The quantitative estimate of drug-likeness (QED) is 0.706. The molecule has 1 fully saturated rings. The predicted octanol–water partition coefficient (Wildman–Crippen LogP) is 3.05. The fourth-order valence-corrected chi connectivity index (χ4v) is 4.44. The standard InChI is InChI=1S/C25H30N6O2/c1-5-21(32)30-10-12-31(13-11-30)24-18-7-8-27-15-20(18)19(14-26)25(29-24)33-23-17(4)6-9-28-22(23)16(2)3/h5-6,9,16,27H,1,7-8,10-13,15H2,2-4H3. The summed E-state index contributed by atoms with van der Waals surface area (Å²) >= 11 is 0. The number of pyridine rings is 2. The van der Waals surface area contributed by atoms with Gasteiger partial charge in [-0.2, -0.15) is 10.2 Å². The van der Waals surface area contributed by atoms with E-state index in [0.29, 0.717) is 49.9 Å². The molecule has 2 aromatic rings. The number of aromatic nitrogens is 2. The second-order valence-corrected chi connectivity index (χ2v) is 8.73. The Bertz CT molecular complexity index is 1110. The Labute approximate surface area is 194 Å². The number of piperazine rings is 1. The molecule has 8 heteroatoms. The van der Waals surface area contributed by atoms with Gasteiger partial charge in [-0.05, 0) is 49.1 Å². The van der Waals surface area contributed by atoms with Crippen LogP contribution in [0, 0.1) is 18.3 Å². The Balaban J connectivity index is 1.76. The molecule has 2 aliphatic rings. The van der Waals surface area contributed by atoms with Crippen LogP contribution in [0.1, 0.15) is 47.7 Å². The van der Waals surface area contributed by atoms with Gasteiger partial charge in [0, 0.05) is 44.5 Å². The first kappa shape index (κ1) is 22.7. The van der Waals surface area contributed by atoms with E-state index in [1.165, 1.54) is 6.08 Å². The van der Waals surface area contributed by atoms with E-state index in [0.717, 1.165) is 41.2 Å². The molecule has 1 amide bonds. The predicted molar refractivity (Wildman–Crippen MR) is 126 cm³/mol. The fraction of sp³-hybridized carbons (Fsp3) is 0.440. The van der Waals surface area contributed by atoms with Crippen molar-refractivity contribution in [3.05, 3.63) is 52.9 Å². The summed E-state index contributed by atoms with van der Waals surface area (Å²) < 4.78 is 6.37. The number of ether oxygens (including phenoxy) is 1. The Morgan fingerprint density at radius 1 is 1.30 bits per heavy atom. The molecule has 0 aliphatic carbocycles. The van der Waals surface area contributed by atoms with Crippen molar-refractivity contribution >= 4 is 11.7 Å². The summed E-state index contributed by atoms with van der Waals surface area (Å²) in [6, 6.07) is 4.25. The Morgan fingerprint density at radius 2 is 2.06 bits per heavy atom. The van der Waals surface area contributed by atoms with Crippen molar-refractivity contribution in [3.63, 3.8) is 0 Å². The smallest absolute Gasteiger partial charge is 0.246 e. The van der Waals surface area contributed by atoms with Gasteiger partial charge in [0.15, 0.2) is 5.75 Å². The van der Waals surface area contributed by atoms with Gasteiger partial charge >= 0.3 is 0 Å². The molecule has 0 spiro atoms. The molecule has 0 saturated carbocycles. The minimum absolute atomic E-state index is 0.0500. The first-order chi connectivity index (χ1) is 15.9. The van der Waals surface area contributed by atoms with Crippen molar-refractivity contribution in [2.45, 2.75) is 39.7 Å². The highest BCUT2D eigenvalue weighted by molar-refractivity contribution is 5.87. The van der Waals surface area contributed by atoms with Crippen molar-refractivity contribution in [3.8, 4) is 17.7 Å². The number of nitrogens with one attached hydrogen (secondary N) is 1. The highest BCUT2D eigenvalue weighted by Crippen LogP contribution is 2.38. The summed E-state index contributed by atoms with van der Waals surface area (Å²) in [6.45, 7) is 13.7. The van der Waals surface area contributed by atoms with Crippen LogP contribution in [-0.4, -0.2) is 53.5 Å². The lowest BCUT2D eigenvalue weighted by Crippen LogP contribution is -2.49. The zero-order chi connectivity index (χ0) is 23.5. The topological polar surface area (TPSA) is 94.4 Å². The summed E-state index contributed by atoms with van der Waals surface area (Å²) in [7, 11) is 0. The molecule has 4 heterocycles. The molecule has 172 valence electrons.